The largest absolute Gasteiger partial charge is 0.478 e. The van der Waals surface area contributed by atoms with Crippen molar-refractivity contribution >= 4 is 21.7 Å². The minimum absolute atomic E-state index is 0.265. The predicted octanol–water partition coefficient (Wildman–Crippen LogP) is 2.45. The van der Waals surface area contributed by atoms with Crippen LogP contribution in [0, 0.1) is 6.92 Å². The number of carboxylic acids is 1. The molecular weight excluding hydrogens is 416 g/mol. The molecule has 2 heterocycles. The van der Waals surface area contributed by atoms with Crippen LogP contribution in [0.1, 0.15) is 21.5 Å². The van der Waals surface area contributed by atoms with E-state index in [1.54, 1.807) is 0 Å². The van der Waals surface area contributed by atoms with Crippen molar-refractivity contribution in [2.24, 2.45) is 0 Å². The van der Waals surface area contributed by atoms with E-state index in [0.717, 1.165) is 16.8 Å². The van der Waals surface area contributed by atoms with Gasteiger partial charge in [0, 0.05) is 38.1 Å². The third kappa shape index (κ3) is 4.47. The van der Waals surface area contributed by atoms with Gasteiger partial charge in [-0.2, -0.15) is 9.40 Å². The van der Waals surface area contributed by atoms with Gasteiger partial charge in [-0.25, -0.2) is 13.2 Å². The van der Waals surface area contributed by atoms with Crippen molar-refractivity contribution in [2.75, 3.05) is 31.1 Å². The second-order valence-corrected chi connectivity index (χ2v) is 9.42. The number of anilines is 1. The molecule has 0 spiro atoms. The first-order valence-electron chi connectivity index (χ1n) is 10.0. The van der Waals surface area contributed by atoms with Gasteiger partial charge < -0.3 is 10.0 Å². The lowest BCUT2D eigenvalue weighted by Crippen LogP contribution is -2.49. The van der Waals surface area contributed by atoms with Crippen molar-refractivity contribution in [3.05, 3.63) is 77.5 Å². The van der Waals surface area contributed by atoms with E-state index in [0.29, 0.717) is 13.1 Å². The number of benzene rings is 2. The quantitative estimate of drug-likeness (QED) is 0.633. The standard InChI is InChI=1S/C22H24N4O4S/c1-17-6-5-9-19(14-17)24-10-12-26(13-11-24)31(29,30)21-20(22(27)28)16-25(23-21)15-18-7-3-2-4-8-18/h2-9,14,16H,10-13,15H2,1H3,(H,27,28). The van der Waals surface area contributed by atoms with Crippen LogP contribution in [0.4, 0.5) is 5.69 Å². The highest BCUT2D eigenvalue weighted by molar-refractivity contribution is 7.89. The van der Waals surface area contributed by atoms with E-state index in [1.807, 2.05) is 55.5 Å². The van der Waals surface area contributed by atoms with E-state index >= 15 is 0 Å². The molecule has 3 aromatic rings. The van der Waals surface area contributed by atoms with Crippen LogP contribution in [0.2, 0.25) is 0 Å². The Bertz CT molecular complexity index is 1180. The van der Waals surface area contributed by atoms with Crippen molar-refractivity contribution in [3.63, 3.8) is 0 Å². The summed E-state index contributed by atoms with van der Waals surface area (Å²) in [6.07, 6.45) is 1.28. The Balaban J connectivity index is 1.55. The maximum atomic E-state index is 13.2. The lowest BCUT2D eigenvalue weighted by molar-refractivity contribution is 0.0692. The zero-order valence-electron chi connectivity index (χ0n) is 17.2. The van der Waals surface area contributed by atoms with Gasteiger partial charge in [-0.05, 0) is 30.2 Å². The molecule has 1 aromatic heterocycles. The van der Waals surface area contributed by atoms with Crippen LogP contribution >= 0.6 is 0 Å². The van der Waals surface area contributed by atoms with Gasteiger partial charge in [-0.1, -0.05) is 42.5 Å². The number of sulfonamides is 1. The monoisotopic (exact) mass is 440 g/mol. The lowest BCUT2D eigenvalue weighted by atomic mass is 10.2. The van der Waals surface area contributed by atoms with Gasteiger partial charge in [0.05, 0.1) is 6.54 Å². The molecule has 0 amide bonds. The van der Waals surface area contributed by atoms with Gasteiger partial charge in [0.2, 0.25) is 5.03 Å². The third-order valence-electron chi connectivity index (χ3n) is 5.34. The number of hydrogen-bond acceptors (Lipinski definition) is 5. The summed E-state index contributed by atoms with van der Waals surface area (Å²) < 4.78 is 29.2. The topological polar surface area (TPSA) is 95.7 Å². The highest BCUT2D eigenvalue weighted by atomic mass is 32.2. The van der Waals surface area contributed by atoms with Crippen LogP contribution in [-0.4, -0.2) is 59.8 Å². The smallest absolute Gasteiger partial charge is 0.340 e. The molecule has 1 aliphatic heterocycles. The molecule has 162 valence electrons. The van der Waals surface area contributed by atoms with Crippen LogP contribution in [0.25, 0.3) is 0 Å². The molecule has 1 N–H and O–H groups in total. The number of aryl methyl sites for hydroxylation is 1. The van der Waals surface area contributed by atoms with Gasteiger partial charge in [-0.3, -0.25) is 4.68 Å². The summed E-state index contributed by atoms with van der Waals surface area (Å²) in [5, 5.41) is 13.3. The van der Waals surface area contributed by atoms with E-state index in [-0.39, 0.29) is 25.2 Å². The van der Waals surface area contributed by atoms with Crippen LogP contribution < -0.4 is 4.90 Å². The van der Waals surface area contributed by atoms with Crippen molar-refractivity contribution < 1.29 is 18.3 Å². The molecule has 0 bridgehead atoms. The molecule has 8 nitrogen and oxygen atoms in total. The fraction of sp³-hybridized carbons (Fsp3) is 0.273. The molecule has 9 heteroatoms. The summed E-state index contributed by atoms with van der Waals surface area (Å²) in [7, 11) is -4.03. The summed E-state index contributed by atoms with van der Waals surface area (Å²) >= 11 is 0. The Morgan fingerprint density at radius 3 is 2.39 bits per heavy atom. The summed E-state index contributed by atoms with van der Waals surface area (Å²) in [5.41, 5.74) is 2.78. The summed E-state index contributed by atoms with van der Waals surface area (Å²) in [5.74, 6) is -1.31. The first-order valence-corrected chi connectivity index (χ1v) is 11.4. The number of piperazine rings is 1. The molecule has 1 saturated heterocycles. The SMILES string of the molecule is Cc1cccc(N2CCN(S(=O)(=O)c3nn(Cc4ccccc4)cc3C(=O)O)CC2)c1. The Morgan fingerprint density at radius 1 is 1.03 bits per heavy atom. The number of carbonyl (C=O) groups is 1. The maximum absolute atomic E-state index is 13.2. The van der Waals surface area contributed by atoms with Gasteiger partial charge >= 0.3 is 5.97 Å². The van der Waals surface area contributed by atoms with Crippen molar-refractivity contribution in [1.82, 2.24) is 14.1 Å². The second kappa shape index (κ2) is 8.52. The molecule has 4 rings (SSSR count). The third-order valence-corrected chi connectivity index (χ3v) is 7.17. The molecule has 0 radical (unpaired) electrons. The maximum Gasteiger partial charge on any atom is 0.340 e. The molecule has 1 fully saturated rings. The fourth-order valence-electron chi connectivity index (χ4n) is 3.73. The van der Waals surface area contributed by atoms with E-state index in [9.17, 15) is 18.3 Å². The Kier molecular flexibility index (Phi) is 5.79. The van der Waals surface area contributed by atoms with Gasteiger partial charge in [0.25, 0.3) is 10.0 Å². The van der Waals surface area contributed by atoms with E-state index < -0.39 is 21.0 Å². The summed E-state index contributed by atoms with van der Waals surface area (Å²) in [6, 6.07) is 17.4. The Morgan fingerprint density at radius 2 is 1.74 bits per heavy atom. The van der Waals surface area contributed by atoms with Crippen molar-refractivity contribution in [3.8, 4) is 0 Å². The molecule has 0 atom stereocenters. The number of carboxylic acid groups (broad SMARTS) is 1. The Labute approximate surface area is 181 Å². The number of rotatable bonds is 6. The molecule has 2 aromatic carbocycles. The van der Waals surface area contributed by atoms with Crippen molar-refractivity contribution in [1.29, 1.82) is 0 Å². The normalized spacial score (nSPS) is 15.2. The molecule has 31 heavy (non-hydrogen) atoms. The zero-order valence-corrected chi connectivity index (χ0v) is 18.0. The molecular formula is C22H24N4O4S. The first-order chi connectivity index (χ1) is 14.8. The van der Waals surface area contributed by atoms with E-state index in [2.05, 4.69) is 16.1 Å². The Hall–Kier alpha value is -3.17. The number of aromatic carboxylic acids is 1. The number of aromatic nitrogens is 2. The number of hydrogen-bond donors (Lipinski definition) is 1. The van der Waals surface area contributed by atoms with Gasteiger partial charge in [-0.15, -0.1) is 0 Å². The molecule has 1 aliphatic rings. The second-order valence-electron chi connectivity index (χ2n) is 7.57. The number of nitrogens with zero attached hydrogens (tertiary/aromatic N) is 4. The highest BCUT2D eigenvalue weighted by Gasteiger charge is 2.34. The summed E-state index contributed by atoms with van der Waals surface area (Å²) in [4.78, 5) is 13.9. The minimum Gasteiger partial charge on any atom is -0.478 e. The molecule has 0 saturated carbocycles. The predicted molar refractivity (Wildman–Crippen MR) is 117 cm³/mol. The average molecular weight is 441 g/mol. The zero-order chi connectivity index (χ0) is 22.0. The van der Waals surface area contributed by atoms with Gasteiger partial charge in [0.1, 0.15) is 5.56 Å². The van der Waals surface area contributed by atoms with Crippen molar-refractivity contribution in [2.45, 2.75) is 18.5 Å². The fourth-order valence-corrected chi connectivity index (χ4v) is 5.24. The average Bonchev–Trinajstić information content (AvgIpc) is 3.20. The lowest BCUT2D eigenvalue weighted by Gasteiger charge is -2.35. The van der Waals surface area contributed by atoms with Crippen LogP contribution in [-0.2, 0) is 16.6 Å². The first kappa shape index (κ1) is 21.1. The van der Waals surface area contributed by atoms with Crippen LogP contribution in [0.3, 0.4) is 0 Å². The van der Waals surface area contributed by atoms with E-state index in [1.165, 1.54) is 15.2 Å². The molecule has 0 unspecified atom stereocenters. The minimum atomic E-state index is -4.03. The molecule has 0 aliphatic carbocycles. The van der Waals surface area contributed by atoms with Gasteiger partial charge in [0.15, 0.2) is 0 Å². The van der Waals surface area contributed by atoms with Crippen LogP contribution in [0.5, 0.6) is 0 Å². The highest BCUT2D eigenvalue weighted by Crippen LogP contribution is 2.23. The van der Waals surface area contributed by atoms with E-state index in [4.69, 9.17) is 0 Å². The van der Waals surface area contributed by atoms with Crippen LogP contribution in [0.15, 0.2) is 65.8 Å². The summed E-state index contributed by atoms with van der Waals surface area (Å²) in [6.45, 7) is 3.88.